The first kappa shape index (κ1) is 31.3. The fourth-order valence-electron chi connectivity index (χ4n) is 9.14. The average Bonchev–Trinajstić information content (AvgIpc) is 3.44. The van der Waals surface area contributed by atoms with Crippen LogP contribution in [0, 0.1) is 50.4 Å². The van der Waals surface area contributed by atoms with Crippen molar-refractivity contribution < 1.29 is 0 Å². The molecule has 7 aromatic carbocycles. The lowest BCUT2D eigenvalue weighted by Gasteiger charge is -2.45. The highest BCUT2D eigenvalue weighted by molar-refractivity contribution is 5.97. The van der Waals surface area contributed by atoms with E-state index < -0.39 is 5.41 Å². The van der Waals surface area contributed by atoms with Crippen LogP contribution in [0.4, 0.5) is 17.1 Å². The van der Waals surface area contributed by atoms with Gasteiger partial charge in [0.25, 0.3) is 0 Å². The molecule has 0 unspecified atom stereocenters. The molecule has 3 nitrogen and oxygen atoms in total. The molecule has 52 heavy (non-hydrogen) atoms. The van der Waals surface area contributed by atoms with E-state index in [0.29, 0.717) is 11.1 Å². The van der Waals surface area contributed by atoms with E-state index in [2.05, 4.69) is 172 Å². The summed E-state index contributed by atoms with van der Waals surface area (Å²) in [7, 11) is 0. The second kappa shape index (κ2) is 11.7. The topological polar surface area (TPSA) is 50.8 Å². The number of hydrogen-bond donors (Lipinski definition) is 0. The number of anilines is 3. The van der Waals surface area contributed by atoms with Crippen molar-refractivity contribution in [3.63, 3.8) is 0 Å². The largest absolute Gasteiger partial charge is 0.310 e. The number of para-hydroxylation sites is 2. The van der Waals surface area contributed by atoms with E-state index in [9.17, 15) is 10.5 Å². The first-order chi connectivity index (χ1) is 25.3. The fourth-order valence-corrected chi connectivity index (χ4v) is 9.14. The van der Waals surface area contributed by atoms with Crippen LogP contribution >= 0.6 is 0 Å². The molecule has 0 aromatic heterocycles. The molecule has 0 saturated carbocycles. The molecule has 0 N–H and O–H groups in total. The zero-order valence-corrected chi connectivity index (χ0v) is 29.6. The number of benzene rings is 7. The van der Waals surface area contributed by atoms with Crippen LogP contribution in [0.3, 0.4) is 0 Å². The highest BCUT2D eigenvalue weighted by atomic mass is 15.2. The monoisotopic (exact) mass is 665 g/mol. The molecule has 0 bridgehead atoms. The van der Waals surface area contributed by atoms with Crippen LogP contribution < -0.4 is 4.90 Å². The molecule has 1 aliphatic carbocycles. The first-order valence-electron chi connectivity index (χ1n) is 17.7. The third kappa shape index (κ3) is 4.37. The van der Waals surface area contributed by atoms with E-state index in [1.165, 1.54) is 44.5 Å². The van der Waals surface area contributed by atoms with Gasteiger partial charge in [-0.1, -0.05) is 84.9 Å². The number of nitrogens with zero attached hydrogens (tertiary/aromatic N) is 3. The van der Waals surface area contributed by atoms with Gasteiger partial charge in [0.15, 0.2) is 0 Å². The number of fused-ring (bicyclic) bond motifs is 9. The van der Waals surface area contributed by atoms with Gasteiger partial charge in [-0.25, -0.2) is 0 Å². The third-order valence-corrected chi connectivity index (χ3v) is 11.2. The molecule has 0 saturated heterocycles. The third-order valence-electron chi connectivity index (χ3n) is 11.2. The van der Waals surface area contributed by atoms with E-state index in [0.717, 1.165) is 50.4 Å². The average molecular weight is 666 g/mol. The van der Waals surface area contributed by atoms with Crippen molar-refractivity contribution in [3.05, 3.63) is 195 Å². The maximum absolute atomic E-state index is 10.2. The van der Waals surface area contributed by atoms with Crippen molar-refractivity contribution in [1.82, 2.24) is 0 Å². The summed E-state index contributed by atoms with van der Waals surface area (Å²) in [6, 6.07) is 54.4. The summed E-state index contributed by atoms with van der Waals surface area (Å²) in [5.74, 6) is 0. The van der Waals surface area contributed by atoms with Gasteiger partial charge in [0.05, 0.1) is 40.1 Å². The Hall–Kier alpha value is -6.68. The lowest BCUT2D eigenvalue weighted by atomic mass is 9.64. The molecule has 1 aliphatic heterocycles. The van der Waals surface area contributed by atoms with Crippen molar-refractivity contribution in [2.24, 2.45) is 0 Å². The molecule has 246 valence electrons. The molecule has 2 aliphatic rings. The molecule has 0 fully saturated rings. The molecule has 1 spiro atoms. The molecule has 9 rings (SSSR count). The van der Waals surface area contributed by atoms with Gasteiger partial charge in [-0.3, -0.25) is 0 Å². The molecule has 1 heterocycles. The molecular weight excluding hydrogens is 631 g/mol. The summed E-state index contributed by atoms with van der Waals surface area (Å²) in [6.07, 6.45) is 0. The van der Waals surface area contributed by atoms with Crippen LogP contribution in [-0.2, 0) is 5.41 Å². The molecule has 7 aromatic rings. The predicted octanol–water partition coefficient (Wildman–Crippen LogP) is 12.1. The van der Waals surface area contributed by atoms with Crippen LogP contribution in [0.25, 0.3) is 33.4 Å². The maximum Gasteiger partial charge on any atom is 0.0991 e. The lowest BCUT2D eigenvalue weighted by Crippen LogP contribution is -2.36. The molecule has 0 amide bonds. The molecular formula is C49H35N3. The minimum absolute atomic E-state index is 0.614. The summed E-state index contributed by atoms with van der Waals surface area (Å²) in [5, 5.41) is 20.3. The summed E-state index contributed by atoms with van der Waals surface area (Å²) in [5.41, 5.74) is 20.0. The Balaban J connectivity index is 1.40. The van der Waals surface area contributed by atoms with Gasteiger partial charge in [0.1, 0.15) is 0 Å². The Kier molecular flexibility index (Phi) is 7.04. The minimum atomic E-state index is -0.742. The Morgan fingerprint density at radius 1 is 0.442 bits per heavy atom. The predicted molar refractivity (Wildman–Crippen MR) is 211 cm³/mol. The lowest BCUT2D eigenvalue weighted by molar-refractivity contribution is 0.752. The van der Waals surface area contributed by atoms with Crippen LogP contribution in [0.15, 0.2) is 140 Å². The van der Waals surface area contributed by atoms with E-state index >= 15 is 0 Å². The number of nitriles is 2. The van der Waals surface area contributed by atoms with Crippen LogP contribution in [0.2, 0.25) is 0 Å². The van der Waals surface area contributed by atoms with Crippen molar-refractivity contribution in [2.75, 3.05) is 4.90 Å². The second-order valence-corrected chi connectivity index (χ2v) is 14.2. The van der Waals surface area contributed by atoms with Gasteiger partial charge >= 0.3 is 0 Å². The Morgan fingerprint density at radius 2 is 0.865 bits per heavy atom. The summed E-state index contributed by atoms with van der Waals surface area (Å²) in [6.45, 7) is 8.79. The fraction of sp³-hybridized carbons (Fsp3) is 0.102. The molecule has 0 atom stereocenters. The van der Waals surface area contributed by atoms with Crippen molar-refractivity contribution in [1.29, 1.82) is 10.5 Å². The van der Waals surface area contributed by atoms with Crippen molar-refractivity contribution in [3.8, 4) is 45.5 Å². The van der Waals surface area contributed by atoms with Gasteiger partial charge in [0.2, 0.25) is 0 Å². The normalized spacial score (nSPS) is 13.1. The Labute approximate surface area is 305 Å². The summed E-state index contributed by atoms with van der Waals surface area (Å²) < 4.78 is 0. The molecule has 3 heteroatoms. The van der Waals surface area contributed by atoms with E-state index in [1.54, 1.807) is 0 Å². The maximum atomic E-state index is 10.2. The van der Waals surface area contributed by atoms with Crippen molar-refractivity contribution >= 4 is 17.1 Å². The summed E-state index contributed by atoms with van der Waals surface area (Å²) >= 11 is 0. The van der Waals surface area contributed by atoms with E-state index in [-0.39, 0.29) is 0 Å². The zero-order chi connectivity index (χ0) is 35.7. The van der Waals surface area contributed by atoms with E-state index in [4.69, 9.17) is 0 Å². The summed E-state index contributed by atoms with van der Waals surface area (Å²) in [4.78, 5) is 2.42. The van der Waals surface area contributed by atoms with Crippen LogP contribution in [0.1, 0.15) is 55.6 Å². The Bertz CT molecular complexity index is 2500. The highest BCUT2D eigenvalue weighted by Crippen LogP contribution is 2.63. The van der Waals surface area contributed by atoms with Crippen LogP contribution in [-0.4, -0.2) is 0 Å². The SMILES string of the molecule is Cc1cccc(C)c1-c1cc(-c2c(C)cccc2C)cc(N2c3ccccc3C3(c4cc(C#N)ccc4-c4ccc(C#N)cc43)c3ccccc32)c1. The number of aryl methyl sites for hydroxylation is 4. The quantitative estimate of drug-likeness (QED) is 0.189. The van der Waals surface area contributed by atoms with Crippen molar-refractivity contribution in [2.45, 2.75) is 33.1 Å². The zero-order valence-electron chi connectivity index (χ0n) is 29.6. The van der Waals surface area contributed by atoms with Gasteiger partial charge in [-0.15, -0.1) is 0 Å². The Morgan fingerprint density at radius 3 is 1.29 bits per heavy atom. The van der Waals surface area contributed by atoms with Gasteiger partial charge in [-0.05, 0) is 160 Å². The number of rotatable bonds is 3. The second-order valence-electron chi connectivity index (χ2n) is 14.2. The minimum Gasteiger partial charge on any atom is -0.310 e. The first-order valence-corrected chi connectivity index (χ1v) is 17.7. The van der Waals surface area contributed by atoms with Gasteiger partial charge < -0.3 is 4.90 Å². The standard InChI is InChI=1S/C49H35N3/c1-30-11-9-12-31(2)47(30)36-25-37(48-32(3)13-10-14-33(48)4)27-38(26-36)52-45-17-7-5-15-41(45)49(42-16-6-8-18-46(42)52)43-23-34(28-50)19-21-39(43)40-22-20-35(29-51)24-44(40)49/h5-27H,1-4H3. The van der Waals surface area contributed by atoms with Crippen LogP contribution in [0.5, 0.6) is 0 Å². The molecule has 0 radical (unpaired) electrons. The highest BCUT2D eigenvalue weighted by Gasteiger charge is 2.52. The van der Waals surface area contributed by atoms with Gasteiger partial charge in [0, 0.05) is 5.69 Å². The van der Waals surface area contributed by atoms with E-state index in [1.807, 2.05) is 12.1 Å². The smallest absolute Gasteiger partial charge is 0.0991 e. The number of hydrogen-bond acceptors (Lipinski definition) is 3. The van der Waals surface area contributed by atoms with Gasteiger partial charge in [-0.2, -0.15) is 10.5 Å².